The molecule has 0 heterocycles. The first-order valence-corrected chi connectivity index (χ1v) is 4.12. The first-order valence-electron chi connectivity index (χ1n) is 4.12. The van der Waals surface area contributed by atoms with Gasteiger partial charge < -0.3 is 29.8 Å². The molecule has 0 saturated carbocycles. The van der Waals surface area contributed by atoms with Gasteiger partial charge in [0.1, 0.15) is 0 Å². The Kier molecular flexibility index (Phi) is 17.3. The smallest absolute Gasteiger partial charge is 0.345 e. The summed E-state index contributed by atoms with van der Waals surface area (Å²) in [5, 5.41) is 9.54. The van der Waals surface area contributed by atoms with Crippen molar-refractivity contribution in [1.29, 1.82) is 0 Å². The Labute approximate surface area is 86.0 Å². The van der Waals surface area contributed by atoms with Gasteiger partial charge in [-0.05, 0) is 0 Å². The fourth-order valence-electron chi connectivity index (χ4n) is 0.729. The van der Waals surface area contributed by atoms with Crippen molar-refractivity contribution in [3.63, 3.8) is 0 Å². The van der Waals surface area contributed by atoms with Crippen LogP contribution in [0.15, 0.2) is 0 Å². The monoisotopic (exact) mass is 215 g/mol. The Morgan fingerprint density at radius 1 is 0.667 bits per heavy atom. The van der Waals surface area contributed by atoms with Crippen molar-refractivity contribution in [2.75, 3.05) is 39.3 Å². The van der Waals surface area contributed by atoms with Gasteiger partial charge in [-0.3, -0.25) is 0 Å². The first-order chi connectivity index (χ1) is 5.41. The van der Waals surface area contributed by atoms with Gasteiger partial charge in [-0.1, -0.05) is 0 Å². The van der Waals surface area contributed by atoms with E-state index in [-0.39, 0.29) is 16.5 Å². The summed E-state index contributed by atoms with van der Waals surface area (Å²) in [6.45, 7) is 13.0. The van der Waals surface area contributed by atoms with E-state index in [2.05, 4.69) is 29.8 Å². The van der Waals surface area contributed by atoms with Crippen LogP contribution < -0.4 is 16.0 Å². The molecule has 0 atom stereocenters. The number of nitrogens with one attached hydrogen (secondary N) is 3. The van der Waals surface area contributed by atoms with E-state index in [1.807, 2.05) is 0 Å². The third kappa shape index (κ3) is 13.0. The molecule has 0 unspecified atom stereocenters. The fraction of sp³-hybridized carbons (Fsp3) is 0.750. The minimum absolute atomic E-state index is 0. The summed E-state index contributed by atoms with van der Waals surface area (Å²) < 4.78 is 0. The van der Waals surface area contributed by atoms with Crippen LogP contribution in [-0.2, 0) is 16.5 Å². The van der Waals surface area contributed by atoms with E-state index >= 15 is 0 Å². The van der Waals surface area contributed by atoms with Crippen LogP contribution in [0.4, 0.5) is 0 Å². The van der Waals surface area contributed by atoms with Gasteiger partial charge in [-0.25, -0.2) is 0 Å². The van der Waals surface area contributed by atoms with E-state index in [0.29, 0.717) is 0 Å². The molecule has 0 rings (SSSR count). The topological polar surface area (TPSA) is 36.1 Å². The molecule has 76 valence electrons. The van der Waals surface area contributed by atoms with Crippen LogP contribution in [0, 0.1) is 13.8 Å². The second-order valence-corrected chi connectivity index (χ2v) is 2.25. The standard InChI is InChI=1S/C8H19N3.Ni/c1-3-9-5-7-11-8-6-10-4-2;/h9-11H,1-8H2;/q-2;+2. The van der Waals surface area contributed by atoms with Gasteiger partial charge in [0.2, 0.25) is 0 Å². The zero-order valence-electron chi connectivity index (χ0n) is 7.47. The zero-order chi connectivity index (χ0) is 8.36. The molecule has 0 aromatic carbocycles. The van der Waals surface area contributed by atoms with E-state index in [4.69, 9.17) is 0 Å². The molecule has 4 heteroatoms. The van der Waals surface area contributed by atoms with E-state index in [0.717, 1.165) is 39.3 Å². The van der Waals surface area contributed by atoms with Crippen molar-refractivity contribution in [3.8, 4) is 0 Å². The van der Waals surface area contributed by atoms with Crippen LogP contribution in [0.1, 0.15) is 0 Å². The summed E-state index contributed by atoms with van der Waals surface area (Å²) in [5.74, 6) is 0. The average molecular weight is 216 g/mol. The van der Waals surface area contributed by atoms with Gasteiger partial charge in [-0.2, -0.15) is 0 Å². The van der Waals surface area contributed by atoms with E-state index in [1.54, 1.807) is 0 Å². The molecular weight excluding hydrogens is 197 g/mol. The molecule has 0 fully saturated rings. The van der Waals surface area contributed by atoms with Crippen LogP contribution in [0.2, 0.25) is 0 Å². The SMILES string of the molecule is [CH2-]CNCCNCCNC[CH2-].[Ni+2]. The predicted octanol–water partition coefficient (Wildman–Crippen LogP) is -0.579. The zero-order valence-corrected chi connectivity index (χ0v) is 8.46. The molecule has 3 nitrogen and oxygen atoms in total. The summed E-state index contributed by atoms with van der Waals surface area (Å²) in [6.07, 6.45) is 0. The Morgan fingerprint density at radius 3 is 1.33 bits per heavy atom. The Bertz CT molecular complexity index is 63.3. The molecule has 3 N–H and O–H groups in total. The fourth-order valence-corrected chi connectivity index (χ4v) is 0.729. The maximum Gasteiger partial charge on any atom is 2.00 e. The van der Waals surface area contributed by atoms with Crippen LogP contribution >= 0.6 is 0 Å². The van der Waals surface area contributed by atoms with Crippen molar-refractivity contribution < 1.29 is 16.5 Å². The summed E-state index contributed by atoms with van der Waals surface area (Å²) in [6, 6.07) is 0. The molecule has 0 aliphatic rings. The van der Waals surface area contributed by atoms with Gasteiger partial charge in [-0.15, -0.1) is 13.1 Å². The molecule has 0 bridgehead atoms. The molecule has 0 radical (unpaired) electrons. The molecule has 0 aromatic heterocycles. The van der Waals surface area contributed by atoms with Crippen molar-refractivity contribution in [2.45, 2.75) is 0 Å². The van der Waals surface area contributed by atoms with E-state index in [9.17, 15) is 0 Å². The van der Waals surface area contributed by atoms with Crippen LogP contribution in [0.3, 0.4) is 0 Å². The number of rotatable bonds is 8. The maximum atomic E-state index is 3.67. The quantitative estimate of drug-likeness (QED) is 0.288. The van der Waals surface area contributed by atoms with Crippen molar-refractivity contribution in [3.05, 3.63) is 13.8 Å². The second kappa shape index (κ2) is 13.9. The van der Waals surface area contributed by atoms with Crippen molar-refractivity contribution in [1.82, 2.24) is 16.0 Å². The van der Waals surface area contributed by atoms with Gasteiger partial charge in [0.15, 0.2) is 0 Å². The first kappa shape index (κ1) is 14.9. The number of hydrogen-bond donors (Lipinski definition) is 3. The Hall–Kier alpha value is 0.374. The average Bonchev–Trinajstić information content (AvgIpc) is 2.03. The molecule has 0 amide bonds. The summed E-state index contributed by atoms with van der Waals surface area (Å²) >= 11 is 0. The molecule has 0 aliphatic heterocycles. The van der Waals surface area contributed by atoms with E-state index < -0.39 is 0 Å². The Morgan fingerprint density at radius 2 is 1.00 bits per heavy atom. The second-order valence-electron chi connectivity index (χ2n) is 2.25. The summed E-state index contributed by atoms with van der Waals surface area (Å²) in [7, 11) is 0. The third-order valence-corrected chi connectivity index (χ3v) is 1.31. The molecule has 0 aromatic rings. The van der Waals surface area contributed by atoms with Crippen molar-refractivity contribution in [2.24, 2.45) is 0 Å². The maximum absolute atomic E-state index is 3.67. The van der Waals surface area contributed by atoms with Crippen molar-refractivity contribution >= 4 is 0 Å². The molecule has 12 heavy (non-hydrogen) atoms. The Balaban J connectivity index is 0. The van der Waals surface area contributed by atoms with E-state index in [1.165, 1.54) is 0 Å². The minimum atomic E-state index is 0. The molecule has 0 saturated heterocycles. The van der Waals surface area contributed by atoms with Gasteiger partial charge >= 0.3 is 16.5 Å². The van der Waals surface area contributed by atoms with Gasteiger partial charge in [0.25, 0.3) is 0 Å². The normalized spacial score (nSPS) is 9.50. The van der Waals surface area contributed by atoms with Crippen LogP contribution in [0.25, 0.3) is 0 Å². The summed E-state index contributed by atoms with van der Waals surface area (Å²) in [5.41, 5.74) is 0. The molecular formula is C8H19N3Ni. The van der Waals surface area contributed by atoms with Gasteiger partial charge in [0.05, 0.1) is 0 Å². The van der Waals surface area contributed by atoms with Crippen LogP contribution in [-0.4, -0.2) is 39.3 Å². The molecule has 0 spiro atoms. The number of hydrogen-bond acceptors (Lipinski definition) is 3. The van der Waals surface area contributed by atoms with Crippen LogP contribution in [0.5, 0.6) is 0 Å². The molecule has 0 aliphatic carbocycles. The largest absolute Gasteiger partial charge is 2.00 e. The minimum Gasteiger partial charge on any atom is -0.345 e. The summed E-state index contributed by atoms with van der Waals surface area (Å²) in [4.78, 5) is 0. The predicted molar refractivity (Wildman–Crippen MR) is 49.3 cm³/mol. The third-order valence-electron chi connectivity index (χ3n) is 1.31. The van der Waals surface area contributed by atoms with Gasteiger partial charge in [0, 0.05) is 26.2 Å².